The van der Waals surface area contributed by atoms with Gasteiger partial charge in [-0.25, -0.2) is 0 Å². The second kappa shape index (κ2) is 5.36. The van der Waals surface area contributed by atoms with Crippen molar-refractivity contribution in [2.75, 3.05) is 0 Å². The zero-order chi connectivity index (χ0) is 16.0. The van der Waals surface area contributed by atoms with Crippen LogP contribution in [0.4, 0.5) is 0 Å². The van der Waals surface area contributed by atoms with Crippen molar-refractivity contribution < 1.29 is 0 Å². The van der Waals surface area contributed by atoms with Crippen molar-refractivity contribution in [2.45, 2.75) is 93.3 Å². The van der Waals surface area contributed by atoms with Crippen LogP contribution < -0.4 is 0 Å². The van der Waals surface area contributed by atoms with Crippen LogP contribution in [0.15, 0.2) is 0 Å². The summed E-state index contributed by atoms with van der Waals surface area (Å²) >= 11 is 0. The molecule has 0 radical (unpaired) electrons. The van der Waals surface area contributed by atoms with Crippen LogP contribution in [0.1, 0.15) is 88.0 Å². The SMILES string of the molecule is BC(C)(C1CC(C)C(C)(C)C1(C)CCC)C(C)(C)CC. The molecule has 0 nitrogen and oxygen atoms in total. The van der Waals surface area contributed by atoms with Crippen LogP contribution in [-0.4, -0.2) is 7.85 Å². The summed E-state index contributed by atoms with van der Waals surface area (Å²) in [6, 6.07) is 0. The van der Waals surface area contributed by atoms with E-state index >= 15 is 0 Å². The van der Waals surface area contributed by atoms with E-state index in [1.807, 2.05) is 0 Å². The molecule has 0 spiro atoms. The number of hydrogen-bond acceptors (Lipinski definition) is 0. The summed E-state index contributed by atoms with van der Waals surface area (Å²) in [6.45, 7) is 22.4. The molecule has 0 heterocycles. The molecular formula is C19H39B. The number of hydrogen-bond donors (Lipinski definition) is 0. The maximum absolute atomic E-state index is 2.60. The molecular weight excluding hydrogens is 239 g/mol. The van der Waals surface area contributed by atoms with Crippen LogP contribution in [0.5, 0.6) is 0 Å². The van der Waals surface area contributed by atoms with E-state index < -0.39 is 0 Å². The van der Waals surface area contributed by atoms with Crippen molar-refractivity contribution in [2.24, 2.45) is 28.1 Å². The monoisotopic (exact) mass is 278 g/mol. The van der Waals surface area contributed by atoms with Gasteiger partial charge in [0.05, 0.1) is 0 Å². The van der Waals surface area contributed by atoms with Gasteiger partial charge in [-0.15, -0.1) is 0 Å². The molecule has 4 atom stereocenters. The van der Waals surface area contributed by atoms with E-state index in [1.54, 1.807) is 0 Å². The molecule has 0 aliphatic heterocycles. The summed E-state index contributed by atoms with van der Waals surface area (Å²) in [5.41, 5.74) is 1.33. The topological polar surface area (TPSA) is 0 Å². The smallest absolute Gasteiger partial charge is 0.0662 e. The van der Waals surface area contributed by atoms with Gasteiger partial charge in [0, 0.05) is 0 Å². The molecule has 1 fully saturated rings. The first kappa shape index (κ1) is 18.1. The zero-order valence-electron chi connectivity index (χ0n) is 16.0. The highest BCUT2D eigenvalue weighted by molar-refractivity contribution is 6.15. The normalized spacial score (nSPS) is 36.9. The van der Waals surface area contributed by atoms with E-state index in [9.17, 15) is 0 Å². The third kappa shape index (κ3) is 2.37. The summed E-state index contributed by atoms with van der Waals surface area (Å²) in [7, 11) is 2.54. The molecule has 4 unspecified atom stereocenters. The highest BCUT2D eigenvalue weighted by Crippen LogP contribution is 2.70. The molecule has 0 N–H and O–H groups in total. The Hall–Kier alpha value is 0.0649. The third-order valence-electron chi connectivity index (χ3n) is 8.33. The molecule has 0 aromatic heterocycles. The van der Waals surface area contributed by atoms with E-state index in [0.29, 0.717) is 21.6 Å². The molecule has 0 aromatic carbocycles. The van der Waals surface area contributed by atoms with Crippen LogP contribution in [-0.2, 0) is 0 Å². The molecule has 1 rings (SSSR count). The van der Waals surface area contributed by atoms with Gasteiger partial charge in [-0.05, 0) is 40.9 Å². The molecule has 118 valence electrons. The van der Waals surface area contributed by atoms with E-state index in [1.165, 1.54) is 25.7 Å². The molecule has 0 saturated heterocycles. The van der Waals surface area contributed by atoms with Crippen molar-refractivity contribution in [1.82, 2.24) is 0 Å². The number of rotatable bonds is 5. The lowest BCUT2D eigenvalue weighted by atomic mass is 9.43. The quantitative estimate of drug-likeness (QED) is 0.564. The lowest BCUT2D eigenvalue weighted by Crippen LogP contribution is -2.45. The summed E-state index contributed by atoms with van der Waals surface area (Å²) in [5, 5.41) is 0.397. The van der Waals surface area contributed by atoms with Crippen molar-refractivity contribution >= 4 is 7.85 Å². The van der Waals surface area contributed by atoms with Crippen molar-refractivity contribution in [1.29, 1.82) is 0 Å². The Bertz CT molecular complexity index is 340. The lowest BCUT2D eigenvalue weighted by molar-refractivity contribution is 0.00856. The standard InChI is InChI=1S/C19H39B/c1-10-12-18(8)15(13-14(3)17(18,6)7)19(9,20)16(4,5)11-2/h14-15H,10-13,20H2,1-9H3. The van der Waals surface area contributed by atoms with Crippen molar-refractivity contribution in [3.63, 3.8) is 0 Å². The van der Waals surface area contributed by atoms with Gasteiger partial charge >= 0.3 is 0 Å². The van der Waals surface area contributed by atoms with Gasteiger partial charge in [-0.1, -0.05) is 80.5 Å². The molecule has 1 aliphatic rings. The van der Waals surface area contributed by atoms with E-state index in [0.717, 1.165) is 11.8 Å². The van der Waals surface area contributed by atoms with Crippen molar-refractivity contribution in [3.05, 3.63) is 0 Å². The van der Waals surface area contributed by atoms with Crippen LogP contribution in [0, 0.1) is 28.1 Å². The van der Waals surface area contributed by atoms with Gasteiger partial charge in [-0.2, -0.15) is 0 Å². The molecule has 20 heavy (non-hydrogen) atoms. The Morgan fingerprint density at radius 1 is 1.10 bits per heavy atom. The molecule has 1 aliphatic carbocycles. The predicted octanol–water partition coefficient (Wildman–Crippen LogP) is 5.72. The minimum Gasteiger partial charge on any atom is -0.0662 e. The Morgan fingerprint density at radius 2 is 1.60 bits per heavy atom. The summed E-state index contributed by atoms with van der Waals surface area (Å²) in [4.78, 5) is 0. The lowest BCUT2D eigenvalue weighted by Gasteiger charge is -2.54. The van der Waals surface area contributed by atoms with Gasteiger partial charge < -0.3 is 0 Å². The maximum Gasteiger partial charge on any atom is 0.110 e. The van der Waals surface area contributed by atoms with Crippen LogP contribution in [0.25, 0.3) is 0 Å². The Labute approximate surface area is 129 Å². The van der Waals surface area contributed by atoms with Gasteiger partial charge in [0.25, 0.3) is 0 Å². The molecule has 1 heteroatoms. The third-order valence-corrected chi connectivity index (χ3v) is 8.33. The molecule has 0 amide bonds. The fourth-order valence-electron chi connectivity index (χ4n) is 4.95. The summed E-state index contributed by atoms with van der Waals surface area (Å²) < 4.78 is 0. The summed E-state index contributed by atoms with van der Waals surface area (Å²) in [6.07, 6.45) is 5.36. The van der Waals surface area contributed by atoms with E-state index in [-0.39, 0.29) is 0 Å². The minimum atomic E-state index is 0.397. The first-order chi connectivity index (χ1) is 8.88. The molecule has 1 saturated carbocycles. The minimum absolute atomic E-state index is 0.397. The Morgan fingerprint density at radius 3 is 2.00 bits per heavy atom. The molecule has 0 bridgehead atoms. The highest BCUT2D eigenvalue weighted by atomic mass is 14.6. The van der Waals surface area contributed by atoms with Crippen LogP contribution >= 0.6 is 0 Å². The molecule has 0 aromatic rings. The predicted molar refractivity (Wildman–Crippen MR) is 95.1 cm³/mol. The van der Waals surface area contributed by atoms with E-state index in [4.69, 9.17) is 0 Å². The zero-order valence-corrected chi connectivity index (χ0v) is 16.0. The largest absolute Gasteiger partial charge is 0.110 e. The Kier molecular flexibility index (Phi) is 4.86. The van der Waals surface area contributed by atoms with Gasteiger partial charge in [0.15, 0.2) is 0 Å². The highest BCUT2D eigenvalue weighted by Gasteiger charge is 2.60. The Balaban J connectivity index is 3.30. The second-order valence-electron chi connectivity index (χ2n) is 9.54. The second-order valence-corrected chi connectivity index (χ2v) is 9.54. The first-order valence-electron chi connectivity index (χ1n) is 8.88. The van der Waals surface area contributed by atoms with E-state index in [2.05, 4.69) is 70.2 Å². The maximum atomic E-state index is 2.60. The van der Waals surface area contributed by atoms with Crippen molar-refractivity contribution in [3.8, 4) is 0 Å². The van der Waals surface area contributed by atoms with Crippen LogP contribution in [0.3, 0.4) is 0 Å². The fraction of sp³-hybridized carbons (Fsp3) is 1.00. The van der Waals surface area contributed by atoms with Gasteiger partial charge in [-0.3, -0.25) is 0 Å². The van der Waals surface area contributed by atoms with Gasteiger partial charge in [0.2, 0.25) is 0 Å². The van der Waals surface area contributed by atoms with Gasteiger partial charge in [0.1, 0.15) is 7.85 Å². The average molecular weight is 278 g/mol. The summed E-state index contributed by atoms with van der Waals surface area (Å²) in [5.74, 6) is 1.66. The van der Waals surface area contributed by atoms with Crippen LogP contribution in [0.2, 0.25) is 5.31 Å². The first-order valence-corrected chi connectivity index (χ1v) is 8.88. The average Bonchev–Trinajstić information content (AvgIpc) is 2.50. The fourth-order valence-corrected chi connectivity index (χ4v) is 4.95.